The molecule has 2 amide bonds. The number of hydrogen-bond donors (Lipinski definition) is 3. The van der Waals surface area contributed by atoms with E-state index < -0.39 is 23.9 Å². The summed E-state index contributed by atoms with van der Waals surface area (Å²) in [5.74, 6) is 0. The topological polar surface area (TPSA) is 70.6 Å². The Morgan fingerprint density at radius 2 is 2.46 bits per heavy atom. The lowest BCUT2D eigenvalue weighted by molar-refractivity contribution is -0.0649. The Bertz CT molecular complexity index is 254. The molecule has 2 radical (unpaired) electrons. The highest BCUT2D eigenvalue weighted by Gasteiger charge is 2.56. The first-order valence-electron chi connectivity index (χ1n) is 3.85. The Hall–Kier alpha value is -0.0151. The normalized spacial score (nSPS) is 48.5. The Morgan fingerprint density at radius 1 is 1.77 bits per heavy atom. The third-order valence-electron chi connectivity index (χ3n) is 2.34. The molecular weight excluding hydrogens is 286 g/mol. The van der Waals surface area contributed by atoms with Gasteiger partial charge in [0.25, 0.3) is 0 Å². The highest BCUT2D eigenvalue weighted by Crippen LogP contribution is 2.32. The van der Waals surface area contributed by atoms with E-state index in [0.717, 1.165) is 0 Å². The smallest absolute Gasteiger partial charge is 0.317 e. The van der Waals surface area contributed by atoms with Gasteiger partial charge in [0.15, 0.2) is 5.72 Å². The fraction of sp³-hybridized carbons (Fsp3) is 0.833. The van der Waals surface area contributed by atoms with Crippen molar-refractivity contribution in [3.8, 4) is 0 Å². The largest absolute Gasteiger partial charge is 0.386 e. The van der Waals surface area contributed by atoms with E-state index in [1.807, 2.05) is 22.6 Å². The lowest BCUT2D eigenvalue weighted by atomic mass is 9.89. The van der Waals surface area contributed by atoms with Gasteiger partial charge in [-0.15, -0.1) is 0 Å². The maximum Gasteiger partial charge on any atom is 0.317 e. The summed E-state index contributed by atoms with van der Waals surface area (Å²) in [6, 6.07) is -1.51. The molecule has 2 rings (SSSR count). The monoisotopic (exact) mass is 294 g/mol. The van der Waals surface area contributed by atoms with Gasteiger partial charge in [-0.1, -0.05) is 22.6 Å². The van der Waals surface area contributed by atoms with E-state index in [0.29, 0.717) is 4.43 Å². The number of carbonyl (C=O) groups is 1. The molecule has 0 saturated carbocycles. The van der Waals surface area contributed by atoms with Gasteiger partial charge in [-0.3, -0.25) is 0 Å². The first-order valence-corrected chi connectivity index (χ1v) is 5.38. The molecule has 2 unspecified atom stereocenters. The van der Waals surface area contributed by atoms with E-state index in [2.05, 4.69) is 10.6 Å². The molecule has 0 aromatic rings. The summed E-state index contributed by atoms with van der Waals surface area (Å²) in [5, 5.41) is 14.8. The zero-order chi connectivity index (χ0) is 9.64. The summed E-state index contributed by atoms with van der Waals surface area (Å²) in [7, 11) is 5.59. The van der Waals surface area contributed by atoms with E-state index in [9.17, 15) is 9.90 Å². The number of halogens is 1. The van der Waals surface area contributed by atoms with E-state index >= 15 is 0 Å². The Kier molecular flexibility index (Phi) is 2.19. The lowest BCUT2D eigenvalue weighted by Gasteiger charge is -2.35. The molecule has 2 fully saturated rings. The zero-order valence-electron chi connectivity index (χ0n) is 6.66. The predicted molar refractivity (Wildman–Crippen MR) is 53.7 cm³/mol. The third-order valence-corrected chi connectivity index (χ3v) is 3.47. The number of amides is 2. The molecule has 4 atom stereocenters. The summed E-state index contributed by atoms with van der Waals surface area (Å²) < 4.78 is 5.79. The molecule has 13 heavy (non-hydrogen) atoms. The van der Waals surface area contributed by atoms with Crippen molar-refractivity contribution in [1.82, 2.24) is 10.6 Å². The van der Waals surface area contributed by atoms with Crippen molar-refractivity contribution in [1.29, 1.82) is 0 Å². The van der Waals surface area contributed by atoms with Gasteiger partial charge in [-0.2, -0.15) is 0 Å². The molecule has 2 heterocycles. The number of aliphatic hydroxyl groups excluding tert-OH is 1. The number of rotatable bonds is 1. The van der Waals surface area contributed by atoms with Crippen LogP contribution in [0, 0.1) is 0 Å². The molecule has 70 valence electrons. The van der Waals surface area contributed by atoms with Crippen LogP contribution < -0.4 is 10.6 Å². The SMILES string of the molecule is [B][C@@H]1O[C@@]2(CI)NC(=O)NC1C2O. The number of aliphatic hydroxyl groups is 1. The second-order valence-electron chi connectivity index (χ2n) is 3.17. The first-order chi connectivity index (χ1) is 6.09. The summed E-state index contributed by atoms with van der Waals surface area (Å²) in [5.41, 5.74) is -1.01. The van der Waals surface area contributed by atoms with E-state index in [-0.39, 0.29) is 6.03 Å². The van der Waals surface area contributed by atoms with Gasteiger partial charge >= 0.3 is 6.03 Å². The van der Waals surface area contributed by atoms with Gasteiger partial charge in [0.05, 0.1) is 10.5 Å². The molecular formula is C6H8BIN2O3. The minimum Gasteiger partial charge on any atom is -0.386 e. The van der Waals surface area contributed by atoms with E-state index in [1.54, 1.807) is 0 Å². The molecule has 3 N–H and O–H groups in total. The van der Waals surface area contributed by atoms with Gasteiger partial charge in [0.2, 0.25) is 0 Å². The fourth-order valence-electron chi connectivity index (χ4n) is 1.64. The molecule has 2 bridgehead atoms. The minimum absolute atomic E-state index is 0.347. The van der Waals surface area contributed by atoms with Crippen LogP contribution >= 0.6 is 22.6 Å². The second-order valence-corrected chi connectivity index (χ2v) is 3.94. The molecule has 0 aliphatic carbocycles. The van der Waals surface area contributed by atoms with E-state index in [1.165, 1.54) is 0 Å². The quantitative estimate of drug-likeness (QED) is 0.319. The van der Waals surface area contributed by atoms with Crippen LogP contribution in [-0.4, -0.2) is 47.3 Å². The number of fused-ring (bicyclic) bond motifs is 2. The number of hydrogen-bond acceptors (Lipinski definition) is 3. The molecule has 2 aliphatic rings. The first kappa shape index (κ1) is 9.54. The number of urea groups is 1. The maximum absolute atomic E-state index is 11.1. The Balaban J connectivity index is 2.31. The Morgan fingerprint density at radius 3 is 3.08 bits per heavy atom. The molecule has 2 saturated heterocycles. The number of alkyl halides is 1. The van der Waals surface area contributed by atoms with Crippen molar-refractivity contribution in [3.05, 3.63) is 0 Å². The van der Waals surface area contributed by atoms with Crippen LogP contribution in [0.1, 0.15) is 0 Å². The molecule has 2 aliphatic heterocycles. The van der Waals surface area contributed by atoms with E-state index in [4.69, 9.17) is 12.6 Å². The maximum atomic E-state index is 11.1. The van der Waals surface area contributed by atoms with Crippen LogP contribution in [0.3, 0.4) is 0 Å². The average molecular weight is 294 g/mol. The van der Waals surface area contributed by atoms with Gasteiger partial charge in [0.1, 0.15) is 14.0 Å². The lowest BCUT2D eigenvalue weighted by Crippen LogP contribution is -2.67. The van der Waals surface area contributed by atoms with Crippen LogP contribution in [0.2, 0.25) is 0 Å². The van der Waals surface area contributed by atoms with Gasteiger partial charge in [-0.25, -0.2) is 4.79 Å². The average Bonchev–Trinajstić information content (AvgIpc) is 2.26. The summed E-state index contributed by atoms with van der Waals surface area (Å²) in [6.45, 7) is 0. The van der Waals surface area contributed by atoms with Crippen molar-refractivity contribution >= 4 is 36.5 Å². The highest BCUT2D eigenvalue weighted by atomic mass is 127. The third kappa shape index (κ3) is 1.24. The van der Waals surface area contributed by atoms with Crippen molar-refractivity contribution in [2.75, 3.05) is 4.43 Å². The number of ether oxygens (including phenoxy) is 1. The highest BCUT2D eigenvalue weighted by molar-refractivity contribution is 14.1. The van der Waals surface area contributed by atoms with Crippen molar-refractivity contribution in [3.63, 3.8) is 0 Å². The Labute approximate surface area is 90.1 Å². The van der Waals surface area contributed by atoms with Crippen LogP contribution in [0.4, 0.5) is 4.79 Å². The zero-order valence-corrected chi connectivity index (χ0v) is 8.82. The molecule has 5 nitrogen and oxygen atoms in total. The van der Waals surface area contributed by atoms with Gasteiger partial charge in [-0.05, 0) is 0 Å². The standard InChI is InChI=1S/C6H8BIN2O3/c7-4-2-3(11)6(1-8,13-4)10-5(12)9-2/h2-4,11H,1H2,(H2,9,10,12)/t2?,3?,4-,6-/m1/s1. The summed E-state index contributed by atoms with van der Waals surface area (Å²) in [6.07, 6.45) is -0.794. The van der Waals surface area contributed by atoms with Gasteiger partial charge in [0, 0.05) is 6.00 Å². The van der Waals surface area contributed by atoms with Crippen LogP contribution in [0.5, 0.6) is 0 Å². The van der Waals surface area contributed by atoms with Crippen LogP contribution in [0.15, 0.2) is 0 Å². The molecule has 0 aromatic heterocycles. The predicted octanol–water partition coefficient (Wildman–Crippen LogP) is -1.32. The number of nitrogens with one attached hydrogen (secondary N) is 2. The van der Waals surface area contributed by atoms with Crippen LogP contribution in [0.25, 0.3) is 0 Å². The van der Waals surface area contributed by atoms with Crippen molar-refractivity contribution < 1.29 is 14.6 Å². The fourth-order valence-corrected chi connectivity index (χ4v) is 2.47. The number of carbonyl (C=O) groups excluding carboxylic acids is 1. The summed E-state index contributed by atoms with van der Waals surface area (Å²) >= 11 is 2.04. The molecule has 0 aromatic carbocycles. The molecule has 0 spiro atoms. The van der Waals surface area contributed by atoms with Crippen molar-refractivity contribution in [2.24, 2.45) is 0 Å². The summed E-state index contributed by atoms with van der Waals surface area (Å²) in [4.78, 5) is 11.1. The minimum atomic E-state index is -1.01. The second kappa shape index (κ2) is 2.99. The molecule has 7 heteroatoms. The van der Waals surface area contributed by atoms with Crippen LogP contribution in [-0.2, 0) is 4.74 Å². The van der Waals surface area contributed by atoms with Crippen molar-refractivity contribution in [2.45, 2.75) is 23.9 Å². The van der Waals surface area contributed by atoms with Gasteiger partial charge < -0.3 is 20.5 Å².